The highest BCUT2D eigenvalue weighted by Gasteiger charge is 1.89. The van der Waals surface area contributed by atoms with Gasteiger partial charge in [-0.15, -0.1) is 0 Å². The molecule has 0 fully saturated rings. The SMILES string of the molecule is C[N+](C)(C)N.O=C([O-])O. The first-order valence-corrected chi connectivity index (χ1v) is 2.23. The molecule has 3 N–H and O–H groups in total. The van der Waals surface area contributed by atoms with Crippen LogP contribution in [0, 0.1) is 0 Å². The topological polar surface area (TPSA) is 86.4 Å². The molecule has 0 aromatic heterocycles. The van der Waals surface area contributed by atoms with Gasteiger partial charge < -0.3 is 15.0 Å². The normalized spacial score (nSPS) is 9.33. The van der Waals surface area contributed by atoms with Crippen LogP contribution in [0.4, 0.5) is 4.79 Å². The number of nitrogens with zero attached hydrogens (tertiary/aromatic N) is 1. The maximum Gasteiger partial charge on any atom is 0.249 e. The summed E-state index contributed by atoms with van der Waals surface area (Å²) in [6.07, 6.45) is -2.08. The molecule has 0 amide bonds. The van der Waals surface area contributed by atoms with Crippen LogP contribution in [0.1, 0.15) is 0 Å². The number of hydrogen-bond donors (Lipinski definition) is 2. The van der Waals surface area contributed by atoms with Crippen molar-refractivity contribution in [3.05, 3.63) is 0 Å². The number of carboxylic acid groups (broad SMARTS) is 2. The van der Waals surface area contributed by atoms with Crippen LogP contribution in [0.2, 0.25) is 0 Å². The van der Waals surface area contributed by atoms with Gasteiger partial charge in [0.25, 0.3) is 0 Å². The van der Waals surface area contributed by atoms with Crippen molar-refractivity contribution in [3.8, 4) is 0 Å². The summed E-state index contributed by atoms with van der Waals surface area (Å²) in [6, 6.07) is 0. The van der Waals surface area contributed by atoms with Crippen LogP contribution in [0.5, 0.6) is 0 Å². The van der Waals surface area contributed by atoms with E-state index in [9.17, 15) is 0 Å². The van der Waals surface area contributed by atoms with Gasteiger partial charge in [0, 0.05) is 0 Å². The van der Waals surface area contributed by atoms with Crippen molar-refractivity contribution in [2.75, 3.05) is 21.1 Å². The molecule has 0 aliphatic rings. The lowest BCUT2D eigenvalue weighted by Crippen LogP contribution is -2.41. The van der Waals surface area contributed by atoms with Crippen LogP contribution < -0.4 is 10.9 Å². The molecule has 5 heteroatoms. The van der Waals surface area contributed by atoms with Crippen LogP contribution >= 0.6 is 0 Å². The first-order chi connectivity index (χ1) is 3.73. The largest absolute Gasteiger partial charge is 0.565 e. The highest BCUT2D eigenvalue weighted by Crippen LogP contribution is 1.65. The molecule has 0 unspecified atom stereocenters. The lowest BCUT2D eigenvalue weighted by Gasteiger charge is -2.12. The van der Waals surface area contributed by atoms with Gasteiger partial charge in [0.05, 0.1) is 21.1 Å². The average Bonchev–Trinajstić information content (AvgIpc) is 1.19. The first-order valence-electron chi connectivity index (χ1n) is 2.23. The minimum Gasteiger partial charge on any atom is -0.565 e. The summed E-state index contributed by atoms with van der Waals surface area (Å²) in [5.74, 6) is 5.29. The third-order valence-electron chi connectivity index (χ3n) is 0. The Morgan fingerprint density at radius 1 is 1.56 bits per heavy atom. The fraction of sp³-hybridized carbons (Fsp3) is 0.750. The summed E-state index contributed by atoms with van der Waals surface area (Å²) in [5.41, 5.74) is 0. The van der Waals surface area contributed by atoms with Crippen LogP contribution in [-0.4, -0.2) is 37.0 Å². The van der Waals surface area contributed by atoms with E-state index < -0.39 is 6.16 Å². The molecule has 0 aliphatic carbocycles. The van der Waals surface area contributed by atoms with E-state index in [4.69, 9.17) is 20.9 Å². The predicted octanol–water partition coefficient (Wildman–Crippen LogP) is -1.55. The highest BCUT2D eigenvalue weighted by atomic mass is 16.6. The Morgan fingerprint density at radius 3 is 1.56 bits per heavy atom. The zero-order chi connectivity index (χ0) is 8.08. The molecule has 0 spiro atoms. The van der Waals surface area contributed by atoms with Gasteiger partial charge in [-0.3, -0.25) is 4.59 Å². The lowest BCUT2D eigenvalue weighted by atomic mass is 10.9. The summed E-state index contributed by atoms with van der Waals surface area (Å²) in [4.78, 5) is 8.44. The molecule has 5 nitrogen and oxygen atoms in total. The van der Waals surface area contributed by atoms with Crippen molar-refractivity contribution < 1.29 is 19.6 Å². The van der Waals surface area contributed by atoms with Gasteiger partial charge in [-0.25, -0.2) is 0 Å². The maximum atomic E-state index is 8.44. The molecule has 0 bridgehead atoms. The van der Waals surface area contributed by atoms with Crippen LogP contribution in [0.15, 0.2) is 0 Å². The third kappa shape index (κ3) is 295. The van der Waals surface area contributed by atoms with Gasteiger partial charge in [-0.2, -0.15) is 5.84 Å². The molecule has 0 radical (unpaired) electrons. The average molecular weight is 136 g/mol. The fourth-order valence-electron chi connectivity index (χ4n) is 0. The van der Waals surface area contributed by atoms with E-state index in [-0.39, 0.29) is 0 Å². The summed E-state index contributed by atoms with van der Waals surface area (Å²) in [7, 11) is 5.71. The lowest BCUT2D eigenvalue weighted by molar-refractivity contribution is -0.882. The fourth-order valence-corrected chi connectivity index (χ4v) is 0. The van der Waals surface area contributed by atoms with Crippen molar-refractivity contribution in [2.24, 2.45) is 5.84 Å². The zero-order valence-corrected chi connectivity index (χ0v) is 5.79. The van der Waals surface area contributed by atoms with Crippen molar-refractivity contribution in [1.82, 2.24) is 0 Å². The van der Waals surface area contributed by atoms with E-state index >= 15 is 0 Å². The Bertz CT molecular complexity index is 76.3. The van der Waals surface area contributed by atoms with Gasteiger partial charge in [-0.05, 0) is 0 Å². The van der Waals surface area contributed by atoms with E-state index in [1.54, 1.807) is 0 Å². The van der Waals surface area contributed by atoms with E-state index in [0.717, 1.165) is 0 Å². The first kappa shape index (κ1) is 11.0. The van der Waals surface area contributed by atoms with Crippen molar-refractivity contribution in [3.63, 3.8) is 0 Å². The minimum absolute atomic E-state index is 0.500. The summed E-state index contributed by atoms with van der Waals surface area (Å²) < 4.78 is 0.500. The molecular weight excluding hydrogens is 124 g/mol. The molecule has 0 aromatic carbocycles. The van der Waals surface area contributed by atoms with Gasteiger partial charge in [0.1, 0.15) is 0 Å². The molecule has 0 saturated carbocycles. The molecule has 0 aliphatic heterocycles. The molecule has 0 heterocycles. The summed E-state index contributed by atoms with van der Waals surface area (Å²) in [5, 5.41) is 15.3. The summed E-state index contributed by atoms with van der Waals surface area (Å²) >= 11 is 0. The Morgan fingerprint density at radius 2 is 1.56 bits per heavy atom. The Hall–Kier alpha value is -0.810. The zero-order valence-electron chi connectivity index (χ0n) is 5.79. The third-order valence-corrected chi connectivity index (χ3v) is 0. The van der Waals surface area contributed by atoms with Gasteiger partial charge in [0.15, 0.2) is 0 Å². The number of nitrogens with two attached hydrogens (primary N) is 1. The summed E-state index contributed by atoms with van der Waals surface area (Å²) in [6.45, 7) is 0. The number of quaternary nitrogens is 1. The predicted molar refractivity (Wildman–Crippen MR) is 30.2 cm³/mol. The number of rotatable bonds is 0. The highest BCUT2D eigenvalue weighted by molar-refractivity contribution is 5.50. The number of hydrogen-bond acceptors (Lipinski definition) is 3. The van der Waals surface area contributed by atoms with E-state index in [0.29, 0.717) is 4.59 Å². The van der Waals surface area contributed by atoms with Gasteiger partial charge in [-0.1, -0.05) is 0 Å². The van der Waals surface area contributed by atoms with Gasteiger partial charge >= 0.3 is 0 Å². The van der Waals surface area contributed by atoms with E-state index in [1.807, 2.05) is 21.1 Å². The van der Waals surface area contributed by atoms with E-state index in [2.05, 4.69) is 0 Å². The van der Waals surface area contributed by atoms with Crippen molar-refractivity contribution in [2.45, 2.75) is 0 Å². The quantitative estimate of drug-likeness (QED) is 0.240. The smallest absolute Gasteiger partial charge is 0.249 e. The second kappa shape index (κ2) is 4.11. The molecule has 9 heavy (non-hydrogen) atoms. The standard InChI is InChI=1S/C3H11N2.CH2O3/c1-5(2,3)4;2-1(3)4/h4H2,1-3H3;(H2,2,3,4)/q+1;/p-1. The molecule has 0 saturated heterocycles. The second-order valence-corrected chi connectivity index (χ2v) is 2.38. The molecule has 0 rings (SSSR count). The Balaban J connectivity index is 0. The van der Waals surface area contributed by atoms with Crippen molar-refractivity contribution >= 4 is 6.16 Å². The van der Waals surface area contributed by atoms with E-state index in [1.165, 1.54) is 0 Å². The van der Waals surface area contributed by atoms with Gasteiger partial charge in [0.2, 0.25) is 6.16 Å². The van der Waals surface area contributed by atoms with Crippen LogP contribution in [-0.2, 0) is 0 Å². The second-order valence-electron chi connectivity index (χ2n) is 2.38. The molecular formula is C4H12N2O3. The van der Waals surface area contributed by atoms with Crippen LogP contribution in [0.3, 0.4) is 0 Å². The molecule has 0 aromatic rings. The maximum absolute atomic E-state index is 8.44. The molecule has 0 atom stereocenters. The molecule has 56 valence electrons. The van der Waals surface area contributed by atoms with Crippen LogP contribution in [0.25, 0.3) is 0 Å². The minimum atomic E-state index is -2.08. The Kier molecular flexibility index (Phi) is 5.04. The Labute approximate surface area is 53.9 Å². The monoisotopic (exact) mass is 136 g/mol. The number of carbonyl (C=O) groups is 1. The van der Waals surface area contributed by atoms with Crippen molar-refractivity contribution in [1.29, 1.82) is 0 Å².